The van der Waals surface area contributed by atoms with Gasteiger partial charge in [0.15, 0.2) is 0 Å². The molecule has 1 heterocycles. The van der Waals surface area contributed by atoms with Crippen LogP contribution in [-0.2, 0) is 22.4 Å². The van der Waals surface area contributed by atoms with Gasteiger partial charge in [0.25, 0.3) is 0 Å². The van der Waals surface area contributed by atoms with Crippen molar-refractivity contribution in [3.8, 4) is 5.75 Å². The molecule has 0 bridgehead atoms. The molecule has 0 aliphatic carbocycles. The smallest absolute Gasteiger partial charge is 0.239 e. The first kappa shape index (κ1) is 19.0. The first-order chi connectivity index (χ1) is 14.2. The standard InChI is InChI=1S/C24H24N2O3/c27-23(13-19-9-5-8-18-6-1-3-10-21(18)19)26-15-24(28)25-14-17-12-20-7-2-4-11-22(20)29-16-17/h1-11,17H,12-16H2,(H,25,28)(H,26,27). The van der Waals surface area contributed by atoms with Crippen LogP contribution in [0, 0.1) is 5.92 Å². The van der Waals surface area contributed by atoms with Crippen LogP contribution in [0.25, 0.3) is 10.8 Å². The second kappa shape index (κ2) is 8.78. The maximum absolute atomic E-state index is 12.3. The quantitative estimate of drug-likeness (QED) is 0.682. The highest BCUT2D eigenvalue weighted by molar-refractivity contribution is 5.91. The third kappa shape index (κ3) is 4.74. The van der Waals surface area contributed by atoms with Crippen molar-refractivity contribution < 1.29 is 14.3 Å². The molecule has 0 saturated carbocycles. The third-order valence-electron chi connectivity index (χ3n) is 5.22. The van der Waals surface area contributed by atoms with Crippen LogP contribution in [0.15, 0.2) is 66.7 Å². The van der Waals surface area contributed by atoms with Gasteiger partial charge in [-0.1, -0.05) is 60.7 Å². The summed E-state index contributed by atoms with van der Waals surface area (Å²) in [6.07, 6.45) is 1.13. The number of rotatable bonds is 6. The zero-order chi connectivity index (χ0) is 20.1. The van der Waals surface area contributed by atoms with Crippen molar-refractivity contribution in [1.82, 2.24) is 10.6 Å². The molecule has 0 fully saturated rings. The molecule has 5 nitrogen and oxygen atoms in total. The average Bonchev–Trinajstić information content (AvgIpc) is 2.76. The van der Waals surface area contributed by atoms with Gasteiger partial charge in [-0.25, -0.2) is 0 Å². The molecule has 0 saturated heterocycles. The molecule has 1 aliphatic heterocycles. The zero-order valence-electron chi connectivity index (χ0n) is 16.2. The Morgan fingerprint density at radius 2 is 1.69 bits per heavy atom. The highest BCUT2D eigenvalue weighted by Crippen LogP contribution is 2.26. The highest BCUT2D eigenvalue weighted by Gasteiger charge is 2.20. The molecule has 3 aromatic carbocycles. The van der Waals surface area contributed by atoms with Gasteiger partial charge in [-0.2, -0.15) is 0 Å². The molecule has 1 atom stereocenters. The molecular weight excluding hydrogens is 364 g/mol. The van der Waals surface area contributed by atoms with Gasteiger partial charge in [-0.15, -0.1) is 0 Å². The summed E-state index contributed by atoms with van der Waals surface area (Å²) >= 11 is 0. The fourth-order valence-corrected chi connectivity index (χ4v) is 3.70. The van der Waals surface area contributed by atoms with E-state index in [-0.39, 0.29) is 30.7 Å². The first-order valence-corrected chi connectivity index (χ1v) is 9.90. The number of hydrogen-bond donors (Lipinski definition) is 2. The molecular formula is C24H24N2O3. The summed E-state index contributed by atoms with van der Waals surface area (Å²) < 4.78 is 5.75. The predicted octanol–water partition coefficient (Wildman–Crippen LogP) is 2.87. The van der Waals surface area contributed by atoms with Gasteiger partial charge in [0, 0.05) is 12.5 Å². The van der Waals surface area contributed by atoms with Gasteiger partial charge in [-0.05, 0) is 34.4 Å². The maximum Gasteiger partial charge on any atom is 0.239 e. The molecule has 0 radical (unpaired) electrons. The Morgan fingerprint density at radius 3 is 2.62 bits per heavy atom. The molecule has 1 unspecified atom stereocenters. The van der Waals surface area contributed by atoms with Crippen molar-refractivity contribution in [2.45, 2.75) is 12.8 Å². The summed E-state index contributed by atoms with van der Waals surface area (Å²) in [5.74, 6) is 0.817. The lowest BCUT2D eigenvalue weighted by Gasteiger charge is -2.25. The van der Waals surface area contributed by atoms with E-state index in [1.807, 2.05) is 60.7 Å². The van der Waals surface area contributed by atoms with Crippen LogP contribution in [0.2, 0.25) is 0 Å². The lowest BCUT2D eigenvalue weighted by atomic mass is 9.97. The molecule has 3 aromatic rings. The van der Waals surface area contributed by atoms with Crippen LogP contribution >= 0.6 is 0 Å². The number of hydrogen-bond acceptors (Lipinski definition) is 3. The normalized spacial score (nSPS) is 15.2. The molecule has 1 aliphatic rings. The summed E-state index contributed by atoms with van der Waals surface area (Å²) in [6, 6.07) is 21.9. The van der Waals surface area contributed by atoms with Crippen molar-refractivity contribution >= 4 is 22.6 Å². The van der Waals surface area contributed by atoms with Gasteiger partial charge in [0.05, 0.1) is 19.6 Å². The van der Waals surface area contributed by atoms with Gasteiger partial charge in [0.1, 0.15) is 5.75 Å². The summed E-state index contributed by atoms with van der Waals surface area (Å²) in [6.45, 7) is 1.10. The van der Waals surface area contributed by atoms with Crippen LogP contribution < -0.4 is 15.4 Å². The van der Waals surface area contributed by atoms with E-state index in [1.165, 1.54) is 5.56 Å². The number of nitrogens with one attached hydrogen (secondary N) is 2. The third-order valence-corrected chi connectivity index (χ3v) is 5.22. The molecule has 29 heavy (non-hydrogen) atoms. The van der Waals surface area contributed by atoms with Crippen molar-refractivity contribution in [1.29, 1.82) is 0 Å². The van der Waals surface area contributed by atoms with Crippen molar-refractivity contribution in [3.63, 3.8) is 0 Å². The fourth-order valence-electron chi connectivity index (χ4n) is 3.70. The van der Waals surface area contributed by atoms with E-state index in [0.29, 0.717) is 13.2 Å². The Labute approximate surface area is 170 Å². The van der Waals surface area contributed by atoms with E-state index in [2.05, 4.69) is 16.7 Å². The predicted molar refractivity (Wildman–Crippen MR) is 113 cm³/mol. The van der Waals surface area contributed by atoms with Crippen LogP contribution in [0.3, 0.4) is 0 Å². The summed E-state index contributed by atoms with van der Waals surface area (Å²) in [5.41, 5.74) is 2.13. The number of carbonyl (C=O) groups is 2. The van der Waals surface area contributed by atoms with E-state index in [1.54, 1.807) is 0 Å². The fraction of sp³-hybridized carbons (Fsp3) is 0.250. The molecule has 0 spiro atoms. The zero-order valence-corrected chi connectivity index (χ0v) is 16.2. The van der Waals surface area contributed by atoms with Crippen molar-refractivity contribution in [3.05, 3.63) is 77.9 Å². The number of amides is 2. The van der Waals surface area contributed by atoms with E-state index in [0.717, 1.165) is 28.5 Å². The van der Waals surface area contributed by atoms with Gasteiger partial charge < -0.3 is 15.4 Å². The number of benzene rings is 3. The number of carbonyl (C=O) groups excluding carboxylic acids is 2. The second-order valence-electron chi connectivity index (χ2n) is 7.38. The molecule has 0 aromatic heterocycles. The molecule has 5 heteroatoms. The van der Waals surface area contributed by atoms with E-state index >= 15 is 0 Å². The minimum absolute atomic E-state index is 0.0201. The largest absolute Gasteiger partial charge is 0.493 e. The minimum Gasteiger partial charge on any atom is -0.493 e. The Hall–Kier alpha value is -3.34. The number of para-hydroxylation sites is 1. The summed E-state index contributed by atoms with van der Waals surface area (Å²) in [5, 5.41) is 7.78. The first-order valence-electron chi connectivity index (χ1n) is 9.90. The Kier molecular flexibility index (Phi) is 5.75. The Balaban J connectivity index is 1.23. The van der Waals surface area contributed by atoms with E-state index < -0.39 is 0 Å². The second-order valence-corrected chi connectivity index (χ2v) is 7.38. The van der Waals surface area contributed by atoms with Crippen molar-refractivity contribution in [2.24, 2.45) is 5.92 Å². The van der Waals surface area contributed by atoms with Crippen LogP contribution in [0.1, 0.15) is 11.1 Å². The number of ether oxygens (including phenoxy) is 1. The molecule has 4 rings (SSSR count). The Bertz CT molecular complexity index is 1030. The van der Waals surface area contributed by atoms with E-state index in [9.17, 15) is 9.59 Å². The average molecular weight is 388 g/mol. The SMILES string of the molecule is O=C(CNC(=O)Cc1cccc2ccccc12)NCC1COc2ccccc2C1. The van der Waals surface area contributed by atoms with Crippen LogP contribution in [-0.4, -0.2) is 31.5 Å². The lowest BCUT2D eigenvalue weighted by molar-refractivity contribution is -0.125. The monoisotopic (exact) mass is 388 g/mol. The van der Waals surface area contributed by atoms with Gasteiger partial charge in [-0.3, -0.25) is 9.59 Å². The van der Waals surface area contributed by atoms with Crippen LogP contribution in [0.5, 0.6) is 5.75 Å². The highest BCUT2D eigenvalue weighted by atomic mass is 16.5. The van der Waals surface area contributed by atoms with Gasteiger partial charge in [0.2, 0.25) is 11.8 Å². The molecule has 148 valence electrons. The maximum atomic E-state index is 12.3. The number of fused-ring (bicyclic) bond motifs is 2. The summed E-state index contributed by atoms with van der Waals surface area (Å²) in [7, 11) is 0. The summed E-state index contributed by atoms with van der Waals surface area (Å²) in [4.78, 5) is 24.4. The molecule has 2 N–H and O–H groups in total. The molecule has 2 amide bonds. The van der Waals surface area contributed by atoms with Crippen molar-refractivity contribution in [2.75, 3.05) is 19.7 Å². The Morgan fingerprint density at radius 1 is 0.897 bits per heavy atom. The lowest BCUT2D eigenvalue weighted by Crippen LogP contribution is -2.41. The van der Waals surface area contributed by atoms with Crippen LogP contribution in [0.4, 0.5) is 0 Å². The van der Waals surface area contributed by atoms with Gasteiger partial charge >= 0.3 is 0 Å². The topological polar surface area (TPSA) is 67.4 Å². The van der Waals surface area contributed by atoms with E-state index in [4.69, 9.17) is 4.74 Å². The minimum atomic E-state index is -0.185.